The minimum absolute atomic E-state index is 0.0304. The van der Waals surface area contributed by atoms with E-state index >= 15 is 0 Å². The van der Waals surface area contributed by atoms with Crippen LogP contribution in [0.2, 0.25) is 0 Å². The first-order valence-corrected chi connectivity index (χ1v) is 6.15. The Hall–Kier alpha value is -1.39. The molecule has 0 N–H and O–H groups in total. The molecule has 0 radical (unpaired) electrons. The van der Waals surface area contributed by atoms with Crippen molar-refractivity contribution in [1.29, 1.82) is 0 Å². The van der Waals surface area contributed by atoms with Gasteiger partial charge in [0, 0.05) is 19.6 Å². The predicted molar refractivity (Wildman–Crippen MR) is 67.1 cm³/mol. The molecule has 4 nitrogen and oxygen atoms in total. The Morgan fingerprint density at radius 3 is 2.94 bits per heavy atom. The summed E-state index contributed by atoms with van der Waals surface area (Å²) in [5.41, 5.74) is 0.643. The highest BCUT2D eigenvalue weighted by molar-refractivity contribution is 6.00. The zero-order chi connectivity index (χ0) is 12.8. The van der Waals surface area contributed by atoms with E-state index in [0.29, 0.717) is 37.7 Å². The maximum absolute atomic E-state index is 12.3. The van der Waals surface area contributed by atoms with Crippen molar-refractivity contribution in [3.63, 3.8) is 0 Å². The Labute approximate surface area is 107 Å². The van der Waals surface area contributed by atoms with Gasteiger partial charge in [0.2, 0.25) is 0 Å². The fourth-order valence-corrected chi connectivity index (χ4v) is 1.99. The van der Waals surface area contributed by atoms with E-state index in [0.717, 1.165) is 6.42 Å². The number of carbonyl (C=O) groups is 1. The van der Waals surface area contributed by atoms with E-state index in [1.54, 1.807) is 7.11 Å². The molecule has 0 aliphatic carbocycles. The second kappa shape index (κ2) is 6.52. The van der Waals surface area contributed by atoms with Gasteiger partial charge in [0.1, 0.15) is 12.4 Å². The number of benzene rings is 1. The smallest absolute Gasteiger partial charge is 0.172 e. The highest BCUT2D eigenvalue weighted by atomic mass is 16.5. The summed E-state index contributed by atoms with van der Waals surface area (Å²) in [5.74, 6) is 0.712. The molecule has 1 atom stereocenters. The van der Waals surface area contributed by atoms with Crippen molar-refractivity contribution in [2.24, 2.45) is 5.92 Å². The highest BCUT2D eigenvalue weighted by Gasteiger charge is 2.26. The lowest BCUT2D eigenvalue weighted by molar-refractivity contribution is 0.0893. The number of carbonyl (C=O) groups excluding carboxylic acids is 1. The van der Waals surface area contributed by atoms with Gasteiger partial charge >= 0.3 is 0 Å². The zero-order valence-electron chi connectivity index (χ0n) is 10.6. The van der Waals surface area contributed by atoms with Crippen LogP contribution in [0.1, 0.15) is 16.8 Å². The maximum Gasteiger partial charge on any atom is 0.172 e. The largest absolute Gasteiger partial charge is 0.490 e. The number of Topliss-reactive ketones (excluding diaryl/α,β-unsaturated/α-hetero) is 1. The van der Waals surface area contributed by atoms with Crippen LogP contribution in [0, 0.1) is 5.92 Å². The lowest BCUT2D eigenvalue weighted by Crippen LogP contribution is -2.16. The normalized spacial score (nSPS) is 18.8. The monoisotopic (exact) mass is 250 g/mol. The topological polar surface area (TPSA) is 44.8 Å². The van der Waals surface area contributed by atoms with Gasteiger partial charge < -0.3 is 14.2 Å². The van der Waals surface area contributed by atoms with Crippen molar-refractivity contribution in [3.05, 3.63) is 29.8 Å². The van der Waals surface area contributed by atoms with Crippen LogP contribution >= 0.6 is 0 Å². The maximum atomic E-state index is 12.3. The minimum Gasteiger partial charge on any atom is -0.490 e. The summed E-state index contributed by atoms with van der Waals surface area (Å²) in [6.45, 7) is 2.14. The predicted octanol–water partition coefficient (Wildman–Crippen LogP) is 1.93. The van der Waals surface area contributed by atoms with Crippen molar-refractivity contribution < 1.29 is 19.0 Å². The first-order chi connectivity index (χ1) is 8.83. The molecule has 1 aliphatic heterocycles. The third-order valence-corrected chi connectivity index (χ3v) is 3.00. The number of para-hydroxylation sites is 1. The molecule has 0 amide bonds. The first kappa shape index (κ1) is 13.1. The lowest BCUT2D eigenvalue weighted by atomic mass is 9.96. The third kappa shape index (κ3) is 3.09. The summed E-state index contributed by atoms with van der Waals surface area (Å²) in [4.78, 5) is 12.3. The summed E-state index contributed by atoms with van der Waals surface area (Å²) in [6.07, 6.45) is 0.797. The zero-order valence-corrected chi connectivity index (χ0v) is 10.6. The van der Waals surface area contributed by atoms with E-state index in [-0.39, 0.29) is 11.7 Å². The van der Waals surface area contributed by atoms with Crippen LogP contribution in [0.3, 0.4) is 0 Å². The molecule has 1 aromatic carbocycles. The van der Waals surface area contributed by atoms with Gasteiger partial charge in [-0.1, -0.05) is 12.1 Å². The van der Waals surface area contributed by atoms with Gasteiger partial charge in [-0.2, -0.15) is 0 Å². The van der Waals surface area contributed by atoms with E-state index in [1.165, 1.54) is 0 Å². The Morgan fingerprint density at radius 1 is 1.39 bits per heavy atom. The molecule has 98 valence electrons. The standard InChI is InChI=1S/C14H18O4/c1-16-8-9-18-13-5-3-2-4-12(13)14(15)11-6-7-17-10-11/h2-5,11H,6-10H2,1H3. The number of ether oxygens (including phenoxy) is 3. The Bertz CT molecular complexity index is 397. The summed E-state index contributed by atoms with van der Waals surface area (Å²) in [5, 5.41) is 0. The molecule has 18 heavy (non-hydrogen) atoms. The van der Waals surface area contributed by atoms with Crippen molar-refractivity contribution >= 4 is 5.78 Å². The van der Waals surface area contributed by atoms with Gasteiger partial charge in [-0.15, -0.1) is 0 Å². The fraction of sp³-hybridized carbons (Fsp3) is 0.500. The van der Waals surface area contributed by atoms with E-state index in [4.69, 9.17) is 14.2 Å². The van der Waals surface area contributed by atoms with Crippen LogP contribution in [0.25, 0.3) is 0 Å². The summed E-state index contributed by atoms with van der Waals surface area (Å²) in [7, 11) is 1.62. The average Bonchev–Trinajstić information content (AvgIpc) is 2.93. The van der Waals surface area contributed by atoms with Crippen LogP contribution in [0.4, 0.5) is 0 Å². The van der Waals surface area contributed by atoms with E-state index in [1.807, 2.05) is 24.3 Å². The van der Waals surface area contributed by atoms with Crippen LogP contribution in [0.5, 0.6) is 5.75 Å². The molecule has 0 aromatic heterocycles. The van der Waals surface area contributed by atoms with Gasteiger partial charge in [0.05, 0.1) is 18.8 Å². The number of hydrogen-bond donors (Lipinski definition) is 0. The van der Waals surface area contributed by atoms with Crippen molar-refractivity contribution in [3.8, 4) is 5.75 Å². The molecule has 1 heterocycles. The second-order valence-electron chi connectivity index (χ2n) is 4.26. The van der Waals surface area contributed by atoms with Crippen LogP contribution in [-0.2, 0) is 9.47 Å². The molecule has 1 fully saturated rings. The van der Waals surface area contributed by atoms with Gasteiger partial charge in [0.15, 0.2) is 5.78 Å². The first-order valence-electron chi connectivity index (χ1n) is 6.15. The Kier molecular flexibility index (Phi) is 4.73. The van der Waals surface area contributed by atoms with Crippen molar-refractivity contribution in [1.82, 2.24) is 0 Å². The fourth-order valence-electron chi connectivity index (χ4n) is 1.99. The van der Waals surface area contributed by atoms with Crippen LogP contribution in [0.15, 0.2) is 24.3 Å². The lowest BCUT2D eigenvalue weighted by Gasteiger charge is -2.12. The SMILES string of the molecule is COCCOc1ccccc1C(=O)C1CCOC1. The second-order valence-corrected chi connectivity index (χ2v) is 4.26. The highest BCUT2D eigenvalue weighted by Crippen LogP contribution is 2.25. The number of methoxy groups -OCH3 is 1. The Morgan fingerprint density at radius 2 is 2.22 bits per heavy atom. The molecule has 1 unspecified atom stereocenters. The molecule has 0 saturated carbocycles. The van der Waals surface area contributed by atoms with Gasteiger partial charge in [-0.05, 0) is 18.6 Å². The molecule has 1 aliphatic rings. The minimum atomic E-state index is -0.0304. The molecule has 1 saturated heterocycles. The molecular weight excluding hydrogens is 232 g/mol. The average molecular weight is 250 g/mol. The molecule has 4 heteroatoms. The summed E-state index contributed by atoms with van der Waals surface area (Å²) in [6, 6.07) is 7.35. The quantitative estimate of drug-likeness (QED) is 0.571. The molecule has 2 rings (SSSR count). The Balaban J connectivity index is 2.08. The molecule has 1 aromatic rings. The van der Waals surface area contributed by atoms with Gasteiger partial charge in [-0.3, -0.25) is 4.79 Å². The van der Waals surface area contributed by atoms with Crippen LogP contribution < -0.4 is 4.74 Å². The summed E-state index contributed by atoms with van der Waals surface area (Å²) < 4.78 is 15.8. The van der Waals surface area contributed by atoms with E-state index in [2.05, 4.69) is 0 Å². The molecule has 0 spiro atoms. The van der Waals surface area contributed by atoms with Crippen molar-refractivity contribution in [2.75, 3.05) is 33.5 Å². The van der Waals surface area contributed by atoms with Gasteiger partial charge in [0.25, 0.3) is 0 Å². The third-order valence-electron chi connectivity index (χ3n) is 3.00. The molecule has 0 bridgehead atoms. The number of hydrogen-bond acceptors (Lipinski definition) is 4. The number of ketones is 1. The van der Waals surface area contributed by atoms with Gasteiger partial charge in [-0.25, -0.2) is 0 Å². The van der Waals surface area contributed by atoms with Crippen LogP contribution in [-0.4, -0.2) is 39.3 Å². The summed E-state index contributed by atoms with van der Waals surface area (Å²) >= 11 is 0. The number of rotatable bonds is 6. The molecular formula is C14H18O4. The van der Waals surface area contributed by atoms with E-state index in [9.17, 15) is 4.79 Å². The van der Waals surface area contributed by atoms with Crippen molar-refractivity contribution in [2.45, 2.75) is 6.42 Å². The van der Waals surface area contributed by atoms with E-state index < -0.39 is 0 Å².